The lowest BCUT2D eigenvalue weighted by atomic mass is 10.0. The van der Waals surface area contributed by atoms with Crippen LogP contribution in [0.3, 0.4) is 0 Å². The predicted octanol–water partition coefficient (Wildman–Crippen LogP) is 6.97. The molecule has 1 unspecified atom stereocenters. The van der Waals surface area contributed by atoms with E-state index in [1.807, 2.05) is 6.07 Å². The summed E-state index contributed by atoms with van der Waals surface area (Å²) in [6.45, 7) is 5.60. The quantitative estimate of drug-likeness (QED) is 0.385. The van der Waals surface area contributed by atoms with Crippen LogP contribution in [-0.2, 0) is 0 Å². The van der Waals surface area contributed by atoms with Crippen molar-refractivity contribution in [2.45, 2.75) is 84.1 Å². The molecule has 1 atom stereocenters. The zero-order valence-corrected chi connectivity index (χ0v) is 15.4. The molecular weight excluding hydrogens is 298 g/mol. The summed E-state index contributed by atoms with van der Waals surface area (Å²) in [5, 5.41) is 3.67. The molecule has 0 aliphatic rings. The van der Waals surface area contributed by atoms with Crippen LogP contribution in [0.2, 0.25) is 4.34 Å². The fourth-order valence-electron chi connectivity index (χ4n) is 2.66. The lowest BCUT2D eigenvalue weighted by Gasteiger charge is -2.17. The Morgan fingerprint density at radius 1 is 0.952 bits per heavy atom. The van der Waals surface area contributed by atoms with Gasteiger partial charge >= 0.3 is 0 Å². The largest absolute Gasteiger partial charge is 0.309 e. The zero-order valence-electron chi connectivity index (χ0n) is 13.8. The summed E-state index contributed by atoms with van der Waals surface area (Å²) in [7, 11) is 0. The Bertz CT molecular complexity index is 351. The smallest absolute Gasteiger partial charge is 0.0931 e. The van der Waals surface area contributed by atoms with Gasteiger partial charge in [0.2, 0.25) is 0 Å². The molecule has 1 heterocycles. The van der Waals surface area contributed by atoms with E-state index in [0.717, 1.165) is 10.9 Å². The molecule has 1 N–H and O–H groups in total. The van der Waals surface area contributed by atoms with E-state index in [0.29, 0.717) is 6.04 Å². The van der Waals surface area contributed by atoms with Crippen molar-refractivity contribution in [2.24, 2.45) is 0 Å². The minimum Gasteiger partial charge on any atom is -0.309 e. The number of hydrogen-bond donors (Lipinski definition) is 1. The second-order valence-corrected chi connectivity index (χ2v) is 7.66. The zero-order chi connectivity index (χ0) is 15.3. The van der Waals surface area contributed by atoms with Gasteiger partial charge in [-0.1, -0.05) is 76.8 Å². The van der Waals surface area contributed by atoms with Gasteiger partial charge < -0.3 is 5.32 Å². The van der Waals surface area contributed by atoms with Crippen LogP contribution in [0.1, 0.15) is 89.0 Å². The van der Waals surface area contributed by atoms with E-state index in [2.05, 4.69) is 25.2 Å². The van der Waals surface area contributed by atoms with Gasteiger partial charge in [-0.05, 0) is 31.5 Å². The molecule has 0 aliphatic heterocycles. The molecule has 0 radical (unpaired) electrons. The third-order valence-electron chi connectivity index (χ3n) is 3.92. The Morgan fingerprint density at radius 2 is 1.62 bits per heavy atom. The number of nitrogens with one attached hydrogen (secondary N) is 1. The summed E-state index contributed by atoms with van der Waals surface area (Å²) in [5.41, 5.74) is 0. The minimum atomic E-state index is 0.502. The molecule has 21 heavy (non-hydrogen) atoms. The Labute approximate surface area is 140 Å². The van der Waals surface area contributed by atoms with Gasteiger partial charge in [-0.3, -0.25) is 0 Å². The first kappa shape index (κ1) is 19.0. The number of halogens is 1. The molecule has 0 aromatic carbocycles. The van der Waals surface area contributed by atoms with Gasteiger partial charge in [0.25, 0.3) is 0 Å². The van der Waals surface area contributed by atoms with E-state index in [4.69, 9.17) is 11.6 Å². The van der Waals surface area contributed by atoms with E-state index in [-0.39, 0.29) is 0 Å². The fraction of sp³-hybridized carbons (Fsp3) is 0.778. The number of thiophene rings is 1. The molecule has 1 aromatic heterocycles. The monoisotopic (exact) mass is 329 g/mol. The van der Waals surface area contributed by atoms with Crippen molar-refractivity contribution in [1.29, 1.82) is 0 Å². The minimum absolute atomic E-state index is 0.502. The summed E-state index contributed by atoms with van der Waals surface area (Å²) in [6, 6.07) is 4.71. The second kappa shape index (κ2) is 12.5. The Morgan fingerprint density at radius 3 is 2.19 bits per heavy atom. The first-order valence-electron chi connectivity index (χ1n) is 8.76. The maximum Gasteiger partial charge on any atom is 0.0931 e. The third-order valence-corrected chi connectivity index (χ3v) is 5.27. The number of unbranched alkanes of at least 4 members (excludes halogenated alkanes) is 7. The van der Waals surface area contributed by atoms with Crippen LogP contribution in [-0.4, -0.2) is 6.54 Å². The lowest BCUT2D eigenvalue weighted by molar-refractivity contribution is 0.470. The van der Waals surface area contributed by atoms with Crippen molar-refractivity contribution < 1.29 is 0 Å². The third kappa shape index (κ3) is 8.85. The van der Waals surface area contributed by atoms with E-state index >= 15 is 0 Å². The molecule has 0 saturated carbocycles. The van der Waals surface area contributed by atoms with Gasteiger partial charge in [0.15, 0.2) is 0 Å². The van der Waals surface area contributed by atoms with Crippen molar-refractivity contribution in [3.05, 3.63) is 21.3 Å². The number of rotatable bonds is 13. The molecule has 0 aliphatic carbocycles. The Hall–Kier alpha value is -0.0500. The highest BCUT2D eigenvalue weighted by molar-refractivity contribution is 7.16. The summed E-state index contributed by atoms with van der Waals surface area (Å²) in [6.07, 6.45) is 13.5. The maximum absolute atomic E-state index is 6.07. The summed E-state index contributed by atoms with van der Waals surface area (Å²) < 4.78 is 0.907. The average molecular weight is 330 g/mol. The molecule has 122 valence electrons. The maximum atomic E-state index is 6.07. The molecule has 3 heteroatoms. The van der Waals surface area contributed by atoms with Crippen LogP contribution in [0.5, 0.6) is 0 Å². The summed E-state index contributed by atoms with van der Waals surface area (Å²) in [5.74, 6) is 0. The van der Waals surface area contributed by atoms with E-state index < -0.39 is 0 Å². The highest BCUT2D eigenvalue weighted by Gasteiger charge is 2.12. The van der Waals surface area contributed by atoms with E-state index in [1.165, 1.54) is 69.1 Å². The average Bonchev–Trinajstić information content (AvgIpc) is 2.91. The van der Waals surface area contributed by atoms with Gasteiger partial charge in [0, 0.05) is 10.9 Å². The Kier molecular flexibility index (Phi) is 11.3. The normalized spacial score (nSPS) is 12.7. The van der Waals surface area contributed by atoms with Crippen LogP contribution in [0.4, 0.5) is 0 Å². The summed E-state index contributed by atoms with van der Waals surface area (Å²) >= 11 is 7.80. The molecule has 0 amide bonds. The highest BCUT2D eigenvalue weighted by atomic mass is 35.5. The molecule has 0 saturated heterocycles. The van der Waals surface area contributed by atoms with E-state index in [1.54, 1.807) is 11.3 Å². The second-order valence-electron chi connectivity index (χ2n) is 5.91. The topological polar surface area (TPSA) is 12.0 Å². The van der Waals surface area contributed by atoms with Crippen molar-refractivity contribution >= 4 is 22.9 Å². The molecule has 0 fully saturated rings. The van der Waals surface area contributed by atoms with Crippen LogP contribution < -0.4 is 5.32 Å². The molecule has 1 rings (SSSR count). The van der Waals surface area contributed by atoms with E-state index in [9.17, 15) is 0 Å². The van der Waals surface area contributed by atoms with Gasteiger partial charge in [0.05, 0.1) is 4.34 Å². The van der Waals surface area contributed by atoms with Crippen molar-refractivity contribution in [3.63, 3.8) is 0 Å². The van der Waals surface area contributed by atoms with Crippen LogP contribution in [0.15, 0.2) is 12.1 Å². The lowest BCUT2D eigenvalue weighted by Crippen LogP contribution is -2.21. The summed E-state index contributed by atoms with van der Waals surface area (Å²) in [4.78, 5) is 1.40. The molecule has 0 bridgehead atoms. The molecule has 0 spiro atoms. The van der Waals surface area contributed by atoms with Crippen LogP contribution >= 0.6 is 22.9 Å². The first-order chi connectivity index (χ1) is 10.3. The van der Waals surface area contributed by atoms with Gasteiger partial charge in [-0.2, -0.15) is 0 Å². The molecule has 1 aromatic rings. The van der Waals surface area contributed by atoms with Gasteiger partial charge in [-0.15, -0.1) is 11.3 Å². The van der Waals surface area contributed by atoms with Crippen molar-refractivity contribution in [2.75, 3.05) is 6.54 Å². The highest BCUT2D eigenvalue weighted by Crippen LogP contribution is 2.30. The number of hydrogen-bond acceptors (Lipinski definition) is 2. The van der Waals surface area contributed by atoms with Crippen molar-refractivity contribution in [3.8, 4) is 0 Å². The standard InChI is InChI=1S/C18H32ClNS/c1-3-5-6-7-8-9-10-11-12-16(20-15-4-2)17-13-14-18(19)21-17/h13-14,16,20H,3-12,15H2,1-2H3. The predicted molar refractivity (Wildman–Crippen MR) is 97.6 cm³/mol. The van der Waals surface area contributed by atoms with Crippen LogP contribution in [0, 0.1) is 0 Å². The van der Waals surface area contributed by atoms with Gasteiger partial charge in [0.1, 0.15) is 0 Å². The van der Waals surface area contributed by atoms with Gasteiger partial charge in [-0.25, -0.2) is 0 Å². The Balaban J connectivity index is 2.18. The van der Waals surface area contributed by atoms with Crippen LogP contribution in [0.25, 0.3) is 0 Å². The molecule has 1 nitrogen and oxygen atoms in total. The van der Waals surface area contributed by atoms with Crippen molar-refractivity contribution in [1.82, 2.24) is 5.32 Å². The fourth-order valence-corrected chi connectivity index (χ4v) is 3.83. The molecular formula is C18H32ClNS. The SMILES string of the molecule is CCCCCCCCCCC(NCCC)c1ccc(Cl)s1. The first-order valence-corrected chi connectivity index (χ1v) is 9.96.